The zero-order chi connectivity index (χ0) is 27.7. The molecule has 1 fully saturated rings. The number of carbonyl (C=O) groups is 1. The first-order valence-corrected chi connectivity index (χ1v) is 14.5. The summed E-state index contributed by atoms with van der Waals surface area (Å²) in [4.78, 5) is 26.9. The molecule has 1 aliphatic carbocycles. The Balaban J connectivity index is 1.34. The van der Waals surface area contributed by atoms with Gasteiger partial charge in [-0.1, -0.05) is 61.9 Å². The zero-order valence-electron chi connectivity index (χ0n) is 23.2. The van der Waals surface area contributed by atoms with Crippen LogP contribution in [0.4, 0.5) is 0 Å². The minimum atomic E-state index is -0.490. The number of H-pyrrole nitrogens is 1. The molecule has 1 atom stereocenters. The molecule has 0 spiro atoms. The highest BCUT2D eigenvalue weighted by Gasteiger charge is 2.59. The number of benzene rings is 2. The van der Waals surface area contributed by atoms with Crippen LogP contribution in [-0.4, -0.2) is 42.6 Å². The van der Waals surface area contributed by atoms with E-state index in [1.807, 2.05) is 29.8 Å². The molecule has 2 aliphatic rings. The van der Waals surface area contributed by atoms with Crippen LogP contribution in [0.3, 0.4) is 0 Å². The number of unbranched alkanes of at least 4 members (excludes halogenated alkanes) is 1. The first-order chi connectivity index (χ1) is 19.6. The predicted molar refractivity (Wildman–Crippen MR) is 152 cm³/mol. The monoisotopic (exact) mass is 540 g/mol. The topological polar surface area (TPSA) is 108 Å². The number of nitrogens with one attached hydrogen (secondary N) is 1. The molecule has 1 unspecified atom stereocenters. The molecule has 1 N–H and O–H groups in total. The van der Waals surface area contributed by atoms with Crippen molar-refractivity contribution in [2.75, 3.05) is 6.61 Å². The Hall–Kier alpha value is -4.01. The molecular formula is C31H36N6O3. The van der Waals surface area contributed by atoms with Gasteiger partial charge in [-0.3, -0.25) is 14.3 Å². The molecule has 9 heteroatoms. The molecule has 0 amide bonds. The number of nitrogens with zero attached hydrogens (tertiary/aromatic N) is 5. The fourth-order valence-corrected chi connectivity index (χ4v) is 6.38. The van der Waals surface area contributed by atoms with E-state index in [0.29, 0.717) is 25.4 Å². The molecule has 1 saturated carbocycles. The first kappa shape index (κ1) is 26.2. The van der Waals surface area contributed by atoms with Crippen molar-refractivity contribution in [3.63, 3.8) is 0 Å². The molecule has 0 radical (unpaired) electrons. The van der Waals surface area contributed by atoms with Gasteiger partial charge in [0.15, 0.2) is 0 Å². The van der Waals surface area contributed by atoms with Gasteiger partial charge in [-0.2, -0.15) is 5.21 Å². The SMILES string of the molecule is CCCCc1c(Cc2ccc(-c3ccccc3-c3nn[nH]n3)cc2)c(=O)n2n1C(C1(C(=O)OCC)CC1)CCC2. The van der Waals surface area contributed by atoms with Gasteiger partial charge in [-0.25, -0.2) is 4.68 Å². The van der Waals surface area contributed by atoms with Crippen molar-refractivity contribution < 1.29 is 9.53 Å². The number of esters is 1. The molecule has 40 heavy (non-hydrogen) atoms. The number of ether oxygens (including phenoxy) is 1. The van der Waals surface area contributed by atoms with E-state index in [1.165, 1.54) is 0 Å². The van der Waals surface area contributed by atoms with E-state index in [-0.39, 0.29) is 17.6 Å². The van der Waals surface area contributed by atoms with Gasteiger partial charge in [0.2, 0.25) is 5.82 Å². The minimum Gasteiger partial charge on any atom is -0.466 e. The summed E-state index contributed by atoms with van der Waals surface area (Å²) in [6.45, 7) is 5.11. The van der Waals surface area contributed by atoms with Gasteiger partial charge in [0.1, 0.15) is 0 Å². The second-order valence-electron chi connectivity index (χ2n) is 11.0. The van der Waals surface area contributed by atoms with Crippen LogP contribution < -0.4 is 5.56 Å². The number of hydrogen-bond acceptors (Lipinski definition) is 6. The van der Waals surface area contributed by atoms with Crippen LogP contribution >= 0.6 is 0 Å². The number of hydrogen-bond donors (Lipinski definition) is 1. The van der Waals surface area contributed by atoms with E-state index < -0.39 is 5.41 Å². The second kappa shape index (κ2) is 10.9. The molecule has 0 bridgehead atoms. The largest absolute Gasteiger partial charge is 0.466 e. The van der Waals surface area contributed by atoms with E-state index in [1.54, 1.807) is 0 Å². The molecule has 208 valence electrons. The molecule has 0 saturated heterocycles. The number of tetrazole rings is 1. The van der Waals surface area contributed by atoms with Crippen LogP contribution in [0.5, 0.6) is 0 Å². The van der Waals surface area contributed by atoms with Crippen LogP contribution in [0, 0.1) is 5.41 Å². The fraction of sp³-hybridized carbons (Fsp3) is 0.452. The van der Waals surface area contributed by atoms with E-state index in [4.69, 9.17) is 4.74 Å². The third-order valence-electron chi connectivity index (χ3n) is 8.56. The van der Waals surface area contributed by atoms with Crippen molar-refractivity contribution in [3.8, 4) is 22.5 Å². The highest BCUT2D eigenvalue weighted by Crippen LogP contribution is 2.57. The van der Waals surface area contributed by atoms with E-state index in [0.717, 1.165) is 78.5 Å². The summed E-state index contributed by atoms with van der Waals surface area (Å²) in [5.74, 6) is 0.452. The maximum Gasteiger partial charge on any atom is 0.314 e. The highest BCUT2D eigenvalue weighted by molar-refractivity contribution is 5.81. The third-order valence-corrected chi connectivity index (χ3v) is 8.56. The summed E-state index contributed by atoms with van der Waals surface area (Å²) in [5, 5.41) is 14.5. The predicted octanol–water partition coefficient (Wildman–Crippen LogP) is 5.11. The smallest absolute Gasteiger partial charge is 0.314 e. The van der Waals surface area contributed by atoms with Crippen molar-refractivity contribution in [2.24, 2.45) is 5.41 Å². The normalized spacial score (nSPS) is 17.4. The van der Waals surface area contributed by atoms with Crippen LogP contribution in [0.15, 0.2) is 53.3 Å². The van der Waals surface area contributed by atoms with Crippen LogP contribution in [0.1, 0.15) is 75.2 Å². The Morgan fingerprint density at radius 2 is 1.88 bits per heavy atom. The summed E-state index contributed by atoms with van der Waals surface area (Å²) in [6, 6.07) is 16.4. The maximum atomic E-state index is 13.9. The molecule has 2 aromatic heterocycles. The number of aromatic amines is 1. The summed E-state index contributed by atoms with van der Waals surface area (Å²) < 4.78 is 9.66. The molecule has 2 aromatic carbocycles. The minimum absolute atomic E-state index is 0.0161. The lowest BCUT2D eigenvalue weighted by atomic mass is 9.90. The van der Waals surface area contributed by atoms with Crippen molar-refractivity contribution >= 4 is 5.97 Å². The quantitative estimate of drug-likeness (QED) is 0.280. The second-order valence-corrected chi connectivity index (χ2v) is 11.0. The van der Waals surface area contributed by atoms with E-state index in [2.05, 4.69) is 62.6 Å². The van der Waals surface area contributed by atoms with Gasteiger partial charge in [-0.15, -0.1) is 10.2 Å². The fourth-order valence-electron chi connectivity index (χ4n) is 6.38. The van der Waals surface area contributed by atoms with E-state index in [9.17, 15) is 9.59 Å². The highest BCUT2D eigenvalue weighted by atomic mass is 16.5. The molecule has 1 aliphatic heterocycles. The molecule has 3 heterocycles. The Morgan fingerprint density at radius 3 is 2.55 bits per heavy atom. The number of carbonyl (C=O) groups excluding carboxylic acids is 1. The Kier molecular flexibility index (Phi) is 7.12. The van der Waals surface area contributed by atoms with Gasteiger partial charge in [0.25, 0.3) is 5.56 Å². The molecule has 6 rings (SSSR count). The zero-order valence-corrected chi connectivity index (χ0v) is 23.2. The number of aromatic nitrogens is 6. The average Bonchev–Trinajstić information content (AvgIpc) is 3.53. The lowest BCUT2D eigenvalue weighted by Crippen LogP contribution is -2.39. The number of rotatable bonds is 10. The van der Waals surface area contributed by atoms with Gasteiger partial charge < -0.3 is 4.74 Å². The molecule has 9 nitrogen and oxygen atoms in total. The Morgan fingerprint density at radius 1 is 1.10 bits per heavy atom. The summed E-state index contributed by atoms with van der Waals surface area (Å²) >= 11 is 0. The number of fused-ring (bicyclic) bond motifs is 1. The van der Waals surface area contributed by atoms with Crippen molar-refractivity contribution in [2.45, 2.75) is 77.8 Å². The van der Waals surface area contributed by atoms with Crippen LogP contribution in [0.2, 0.25) is 0 Å². The van der Waals surface area contributed by atoms with E-state index >= 15 is 0 Å². The lowest BCUT2D eigenvalue weighted by molar-refractivity contribution is -0.152. The Labute approximate surface area is 233 Å². The van der Waals surface area contributed by atoms with Gasteiger partial charge in [0.05, 0.1) is 18.1 Å². The lowest BCUT2D eigenvalue weighted by Gasteiger charge is -2.34. The van der Waals surface area contributed by atoms with Gasteiger partial charge >= 0.3 is 5.97 Å². The first-order valence-electron chi connectivity index (χ1n) is 14.5. The van der Waals surface area contributed by atoms with Crippen molar-refractivity contribution in [1.29, 1.82) is 0 Å². The van der Waals surface area contributed by atoms with Gasteiger partial charge in [-0.05, 0) is 67.4 Å². The molecular weight excluding hydrogens is 504 g/mol. The summed E-state index contributed by atoms with van der Waals surface area (Å²) in [7, 11) is 0. The average molecular weight is 541 g/mol. The maximum absolute atomic E-state index is 13.9. The van der Waals surface area contributed by atoms with Crippen molar-refractivity contribution in [3.05, 3.63) is 75.7 Å². The van der Waals surface area contributed by atoms with Gasteiger partial charge in [0, 0.05) is 29.8 Å². The molecule has 4 aromatic rings. The van der Waals surface area contributed by atoms with Crippen LogP contribution in [-0.2, 0) is 28.9 Å². The summed E-state index contributed by atoms with van der Waals surface area (Å²) in [6.07, 6.45) is 6.91. The standard InChI is InChI=1S/C31H36N6O3/c1-3-5-11-26-25(29(38)36-19-8-12-27(37(26)36)31(17-18-31)30(39)40-4-2)20-21-13-15-22(16-14-21)23-9-6-7-10-24(23)28-32-34-35-33-28/h6-7,9-10,13-16,27H,3-5,8,11-12,17-20H2,1-2H3,(H,32,33,34,35). The Bertz CT molecular complexity index is 1550. The van der Waals surface area contributed by atoms with Crippen LogP contribution in [0.25, 0.3) is 22.5 Å². The van der Waals surface area contributed by atoms with Crippen molar-refractivity contribution in [1.82, 2.24) is 30.0 Å². The summed E-state index contributed by atoms with van der Waals surface area (Å²) in [5.41, 5.74) is 5.62. The third kappa shape index (κ3) is 4.57.